The van der Waals surface area contributed by atoms with Gasteiger partial charge in [-0.2, -0.15) is 0 Å². The number of nitrogens with zero attached hydrogens (tertiary/aromatic N) is 1. The molecule has 4 saturated carbocycles. The molecule has 4 aliphatic rings. The molecule has 1 aromatic rings. The monoisotopic (exact) mass is 304 g/mol. The highest BCUT2D eigenvalue weighted by Gasteiger charge is 2.61. The van der Waals surface area contributed by atoms with E-state index in [2.05, 4.69) is 20.8 Å². The maximum Gasteiger partial charge on any atom is 0.0993 e. The molecule has 0 amide bonds. The van der Waals surface area contributed by atoms with E-state index in [0.29, 0.717) is 16.2 Å². The molecule has 2 N–H and O–H groups in total. The van der Waals surface area contributed by atoms with E-state index in [1.807, 2.05) is 11.3 Å². The summed E-state index contributed by atoms with van der Waals surface area (Å²) < 4.78 is 0. The summed E-state index contributed by atoms with van der Waals surface area (Å²) in [6, 6.07) is 0. The third-order valence-electron chi connectivity index (χ3n) is 6.34. The van der Waals surface area contributed by atoms with Crippen LogP contribution in [-0.4, -0.2) is 11.5 Å². The van der Waals surface area contributed by atoms with Crippen LogP contribution in [0.4, 0.5) is 0 Å². The van der Waals surface area contributed by atoms with E-state index in [-0.39, 0.29) is 0 Å². The summed E-state index contributed by atoms with van der Waals surface area (Å²) in [5.41, 5.74) is 8.54. The fourth-order valence-corrected chi connectivity index (χ4v) is 7.98. The number of rotatable bonds is 3. The summed E-state index contributed by atoms with van der Waals surface area (Å²) in [5.74, 6) is 0.943. The minimum absolute atomic E-state index is 0.394. The van der Waals surface area contributed by atoms with E-state index < -0.39 is 0 Å². The molecule has 0 spiro atoms. The normalized spacial score (nSPS) is 44.5. The fourth-order valence-electron chi connectivity index (χ4n) is 6.70. The van der Waals surface area contributed by atoms with Crippen LogP contribution in [0.5, 0.6) is 0 Å². The Morgan fingerprint density at radius 2 is 1.81 bits per heavy atom. The number of aromatic nitrogens is 1. The molecular weight excluding hydrogens is 276 g/mol. The summed E-state index contributed by atoms with van der Waals surface area (Å²) >= 11 is 1.98. The van der Waals surface area contributed by atoms with Crippen molar-refractivity contribution in [2.45, 2.75) is 71.1 Å². The Balaban J connectivity index is 1.75. The van der Waals surface area contributed by atoms with Gasteiger partial charge in [-0.05, 0) is 75.2 Å². The van der Waals surface area contributed by atoms with Gasteiger partial charge < -0.3 is 5.73 Å². The van der Waals surface area contributed by atoms with Crippen molar-refractivity contribution in [3.05, 3.63) is 15.6 Å². The molecule has 0 aliphatic heterocycles. The molecule has 2 nitrogen and oxygen atoms in total. The molecule has 0 saturated heterocycles. The number of hydrogen-bond donors (Lipinski definition) is 1. The van der Waals surface area contributed by atoms with Crippen molar-refractivity contribution >= 4 is 11.3 Å². The maximum atomic E-state index is 5.77. The molecule has 4 fully saturated rings. The van der Waals surface area contributed by atoms with Crippen LogP contribution in [-0.2, 0) is 11.8 Å². The van der Waals surface area contributed by atoms with Crippen molar-refractivity contribution in [1.82, 2.24) is 4.98 Å². The Hall–Kier alpha value is -0.410. The van der Waals surface area contributed by atoms with E-state index in [0.717, 1.165) is 18.9 Å². The SMILES string of the molecule is Cc1nc(C23CC4CC(C)(CC(C)(C4)C2)C3)sc1CCN. The van der Waals surface area contributed by atoms with Crippen molar-refractivity contribution in [2.24, 2.45) is 22.5 Å². The topological polar surface area (TPSA) is 38.9 Å². The third-order valence-corrected chi connectivity index (χ3v) is 7.81. The minimum Gasteiger partial charge on any atom is -0.330 e. The molecule has 2 atom stereocenters. The molecule has 116 valence electrons. The van der Waals surface area contributed by atoms with E-state index in [1.165, 1.54) is 54.1 Å². The lowest BCUT2D eigenvalue weighted by Crippen LogP contribution is -2.56. The smallest absolute Gasteiger partial charge is 0.0993 e. The zero-order valence-electron chi connectivity index (χ0n) is 13.7. The molecule has 2 unspecified atom stereocenters. The zero-order valence-corrected chi connectivity index (χ0v) is 14.5. The summed E-state index contributed by atoms with van der Waals surface area (Å²) in [4.78, 5) is 6.47. The zero-order chi connectivity index (χ0) is 14.9. The first-order valence-electron chi connectivity index (χ1n) is 8.52. The highest BCUT2D eigenvalue weighted by molar-refractivity contribution is 7.11. The molecule has 4 aliphatic carbocycles. The fraction of sp³-hybridized carbons (Fsp3) is 0.833. The van der Waals surface area contributed by atoms with Crippen LogP contribution in [0, 0.1) is 23.7 Å². The Morgan fingerprint density at radius 1 is 1.14 bits per heavy atom. The maximum absolute atomic E-state index is 5.77. The Labute approximate surface area is 132 Å². The molecule has 21 heavy (non-hydrogen) atoms. The van der Waals surface area contributed by atoms with Crippen LogP contribution < -0.4 is 5.73 Å². The number of thiazole rings is 1. The molecule has 5 rings (SSSR count). The molecule has 1 aromatic heterocycles. The predicted molar refractivity (Wildman–Crippen MR) is 88.7 cm³/mol. The second-order valence-electron chi connectivity index (χ2n) is 8.98. The lowest BCUT2D eigenvalue weighted by molar-refractivity contribution is -0.110. The molecule has 1 heterocycles. The van der Waals surface area contributed by atoms with Crippen molar-refractivity contribution in [1.29, 1.82) is 0 Å². The van der Waals surface area contributed by atoms with Crippen LogP contribution >= 0.6 is 11.3 Å². The van der Waals surface area contributed by atoms with Gasteiger partial charge in [0.15, 0.2) is 0 Å². The molecule has 0 aromatic carbocycles. The first-order chi connectivity index (χ1) is 9.85. The highest BCUT2D eigenvalue weighted by atomic mass is 32.1. The van der Waals surface area contributed by atoms with Crippen LogP contribution in [0.3, 0.4) is 0 Å². The Morgan fingerprint density at radius 3 is 2.38 bits per heavy atom. The molecule has 0 radical (unpaired) electrons. The number of nitrogens with two attached hydrogens (primary N) is 1. The van der Waals surface area contributed by atoms with Crippen LogP contribution in [0.25, 0.3) is 0 Å². The van der Waals surface area contributed by atoms with Crippen molar-refractivity contribution in [3.8, 4) is 0 Å². The lowest BCUT2D eigenvalue weighted by atomic mass is 9.40. The van der Waals surface area contributed by atoms with Gasteiger partial charge in [0.2, 0.25) is 0 Å². The quantitative estimate of drug-likeness (QED) is 0.909. The average Bonchev–Trinajstić information content (AvgIpc) is 2.67. The predicted octanol–water partition coefficient (Wildman–Crippen LogP) is 4.20. The van der Waals surface area contributed by atoms with Gasteiger partial charge in [0, 0.05) is 10.3 Å². The second-order valence-corrected chi connectivity index (χ2v) is 10.1. The van der Waals surface area contributed by atoms with Crippen LogP contribution in [0.2, 0.25) is 0 Å². The van der Waals surface area contributed by atoms with Gasteiger partial charge in [0.1, 0.15) is 0 Å². The summed E-state index contributed by atoms with van der Waals surface area (Å²) in [5, 5.41) is 1.45. The Bertz CT molecular complexity index is 558. The molecular formula is C18H28N2S. The van der Waals surface area contributed by atoms with E-state index >= 15 is 0 Å². The number of hydrogen-bond acceptors (Lipinski definition) is 3. The highest BCUT2D eigenvalue weighted by Crippen LogP contribution is 2.70. The standard InChI is InChI=1S/C18H28N2S/c1-12-14(4-5-19)21-15(20-12)18-8-13-6-16(2,10-18)9-17(3,7-13)11-18/h13H,4-11,19H2,1-3H3. The van der Waals surface area contributed by atoms with Crippen LogP contribution in [0.15, 0.2) is 0 Å². The van der Waals surface area contributed by atoms with Crippen LogP contribution in [0.1, 0.15) is 68.0 Å². The van der Waals surface area contributed by atoms with Gasteiger partial charge in [0.25, 0.3) is 0 Å². The molecule has 3 heteroatoms. The van der Waals surface area contributed by atoms with E-state index in [4.69, 9.17) is 10.7 Å². The van der Waals surface area contributed by atoms with E-state index in [9.17, 15) is 0 Å². The average molecular weight is 305 g/mol. The largest absolute Gasteiger partial charge is 0.330 e. The van der Waals surface area contributed by atoms with E-state index in [1.54, 1.807) is 0 Å². The van der Waals surface area contributed by atoms with Gasteiger partial charge in [-0.25, -0.2) is 4.98 Å². The second kappa shape index (κ2) is 4.32. The summed E-state index contributed by atoms with van der Waals surface area (Å²) in [6.45, 7) is 8.01. The van der Waals surface area contributed by atoms with Gasteiger partial charge in [-0.1, -0.05) is 13.8 Å². The first-order valence-corrected chi connectivity index (χ1v) is 9.34. The Kier molecular flexibility index (Phi) is 2.92. The van der Waals surface area contributed by atoms with Crippen molar-refractivity contribution < 1.29 is 0 Å². The summed E-state index contributed by atoms with van der Waals surface area (Å²) in [7, 11) is 0. The summed E-state index contributed by atoms with van der Waals surface area (Å²) in [6.07, 6.45) is 9.51. The van der Waals surface area contributed by atoms with Crippen molar-refractivity contribution in [2.75, 3.05) is 6.54 Å². The van der Waals surface area contributed by atoms with Gasteiger partial charge >= 0.3 is 0 Å². The first kappa shape index (κ1) is 14.2. The number of aryl methyl sites for hydroxylation is 1. The van der Waals surface area contributed by atoms with Crippen molar-refractivity contribution in [3.63, 3.8) is 0 Å². The van der Waals surface area contributed by atoms with Gasteiger partial charge in [0.05, 0.1) is 10.7 Å². The van der Waals surface area contributed by atoms with Gasteiger partial charge in [-0.15, -0.1) is 11.3 Å². The minimum atomic E-state index is 0.394. The lowest BCUT2D eigenvalue weighted by Gasteiger charge is -2.64. The third kappa shape index (κ3) is 2.11. The molecule has 4 bridgehead atoms. The van der Waals surface area contributed by atoms with Gasteiger partial charge in [-0.3, -0.25) is 0 Å².